The fraction of sp³-hybridized carbons (Fsp3) is 0.263. The predicted molar refractivity (Wildman–Crippen MR) is 91.0 cm³/mol. The Balaban J connectivity index is 2.70. The van der Waals surface area contributed by atoms with Gasteiger partial charge in [-0.3, -0.25) is 0 Å². The number of aliphatic hydroxyl groups is 1. The molecular weight excluding hydrogens is 258 g/mol. The lowest BCUT2D eigenvalue weighted by Crippen LogP contribution is -2.11. The quantitative estimate of drug-likeness (QED) is 0.561. The lowest BCUT2D eigenvalue weighted by Gasteiger charge is -2.10. The number of hydrogen-bond donors (Lipinski definition) is 2. The van der Waals surface area contributed by atoms with E-state index in [-0.39, 0.29) is 6.61 Å². The van der Waals surface area contributed by atoms with Gasteiger partial charge in [-0.1, -0.05) is 55.1 Å². The van der Waals surface area contributed by atoms with Gasteiger partial charge in [0.05, 0.1) is 6.61 Å². The fourth-order valence-corrected chi connectivity index (χ4v) is 2.08. The van der Waals surface area contributed by atoms with Crippen molar-refractivity contribution in [3.63, 3.8) is 0 Å². The van der Waals surface area contributed by atoms with Crippen LogP contribution in [0.15, 0.2) is 66.9 Å². The normalized spacial score (nSPS) is 11.7. The summed E-state index contributed by atoms with van der Waals surface area (Å²) in [7, 11) is 0. The van der Waals surface area contributed by atoms with E-state index in [4.69, 9.17) is 5.11 Å². The third-order valence-electron chi connectivity index (χ3n) is 3.11. The molecule has 112 valence electrons. The number of hydrogen-bond acceptors (Lipinski definition) is 2. The summed E-state index contributed by atoms with van der Waals surface area (Å²) in [5.74, 6) is 0. The molecule has 0 aliphatic heterocycles. The molecule has 0 aromatic heterocycles. The molecule has 0 unspecified atom stereocenters. The Morgan fingerprint density at radius 1 is 1.29 bits per heavy atom. The second-order valence-corrected chi connectivity index (χ2v) is 5.06. The minimum Gasteiger partial charge on any atom is -0.392 e. The van der Waals surface area contributed by atoms with Crippen molar-refractivity contribution in [2.24, 2.45) is 0 Å². The van der Waals surface area contributed by atoms with Crippen molar-refractivity contribution in [2.75, 3.05) is 6.61 Å². The molecular formula is C19H25NO. The van der Waals surface area contributed by atoms with Crippen LogP contribution in [0.5, 0.6) is 0 Å². The zero-order valence-electron chi connectivity index (χ0n) is 13.0. The van der Waals surface area contributed by atoms with Crippen LogP contribution in [0.3, 0.4) is 0 Å². The molecule has 0 aliphatic carbocycles. The maximum Gasteiger partial charge on any atom is 0.0682 e. The molecule has 1 rings (SSSR count). The van der Waals surface area contributed by atoms with Crippen LogP contribution >= 0.6 is 0 Å². The van der Waals surface area contributed by atoms with Gasteiger partial charge in [-0.2, -0.15) is 0 Å². The maximum absolute atomic E-state index is 9.10. The fourth-order valence-electron chi connectivity index (χ4n) is 2.08. The molecule has 0 atom stereocenters. The SMILES string of the molecule is C=C/C(=C\C(=C)NCc1cc(C)cc(CC=CC)c1)CO. The molecule has 2 N–H and O–H groups in total. The van der Waals surface area contributed by atoms with Gasteiger partial charge in [0.25, 0.3) is 0 Å². The molecule has 1 aromatic carbocycles. The molecule has 2 nitrogen and oxygen atoms in total. The van der Waals surface area contributed by atoms with Crippen LogP contribution < -0.4 is 5.32 Å². The number of rotatable bonds is 8. The molecule has 0 spiro atoms. The minimum atomic E-state index is -0.0256. The topological polar surface area (TPSA) is 32.3 Å². The Hall–Kier alpha value is -2.06. The van der Waals surface area contributed by atoms with Gasteiger partial charge in [-0.05, 0) is 43.0 Å². The second-order valence-electron chi connectivity index (χ2n) is 5.06. The van der Waals surface area contributed by atoms with Gasteiger partial charge in [-0.15, -0.1) is 0 Å². The average molecular weight is 283 g/mol. The van der Waals surface area contributed by atoms with E-state index in [1.807, 2.05) is 13.0 Å². The van der Waals surface area contributed by atoms with Crippen LogP contribution in [-0.4, -0.2) is 11.7 Å². The van der Waals surface area contributed by atoms with Gasteiger partial charge in [0.1, 0.15) is 0 Å². The van der Waals surface area contributed by atoms with Gasteiger partial charge in [-0.25, -0.2) is 0 Å². The van der Waals surface area contributed by atoms with E-state index in [2.05, 4.69) is 55.7 Å². The average Bonchev–Trinajstić information content (AvgIpc) is 2.48. The number of aliphatic hydroxyl groups excluding tert-OH is 1. The van der Waals surface area contributed by atoms with Gasteiger partial charge in [0.15, 0.2) is 0 Å². The van der Waals surface area contributed by atoms with Crippen LogP contribution in [0, 0.1) is 6.92 Å². The lowest BCUT2D eigenvalue weighted by molar-refractivity contribution is 0.335. The summed E-state index contributed by atoms with van der Waals surface area (Å²) in [6.45, 7) is 12.4. The van der Waals surface area contributed by atoms with Crippen LogP contribution in [0.25, 0.3) is 0 Å². The van der Waals surface area contributed by atoms with E-state index in [1.165, 1.54) is 16.7 Å². The Kier molecular flexibility index (Phi) is 7.27. The third kappa shape index (κ3) is 6.28. The van der Waals surface area contributed by atoms with E-state index in [0.717, 1.165) is 24.2 Å². The molecule has 0 aliphatic rings. The Labute approximate surface area is 128 Å². The summed E-state index contributed by atoms with van der Waals surface area (Å²) in [5, 5.41) is 12.4. The Morgan fingerprint density at radius 2 is 2.00 bits per heavy atom. The number of benzene rings is 1. The summed E-state index contributed by atoms with van der Waals surface area (Å²) in [6.07, 6.45) is 8.62. The van der Waals surface area contributed by atoms with Gasteiger partial charge < -0.3 is 10.4 Å². The largest absolute Gasteiger partial charge is 0.392 e. The van der Waals surface area contributed by atoms with Gasteiger partial charge >= 0.3 is 0 Å². The van der Waals surface area contributed by atoms with Crippen molar-refractivity contribution >= 4 is 0 Å². The monoisotopic (exact) mass is 283 g/mol. The second kappa shape index (κ2) is 8.98. The van der Waals surface area contributed by atoms with E-state index in [0.29, 0.717) is 0 Å². The summed E-state index contributed by atoms with van der Waals surface area (Å²) in [6, 6.07) is 6.58. The zero-order valence-corrected chi connectivity index (χ0v) is 13.0. The highest BCUT2D eigenvalue weighted by Crippen LogP contribution is 2.11. The number of allylic oxidation sites excluding steroid dienone is 3. The van der Waals surface area contributed by atoms with Crippen molar-refractivity contribution in [1.82, 2.24) is 5.32 Å². The first-order chi connectivity index (χ1) is 10.1. The van der Waals surface area contributed by atoms with Crippen LogP contribution in [0.4, 0.5) is 0 Å². The summed E-state index contributed by atoms with van der Waals surface area (Å²) >= 11 is 0. The first-order valence-electron chi connectivity index (χ1n) is 7.16. The van der Waals surface area contributed by atoms with Crippen LogP contribution in [0.1, 0.15) is 23.6 Å². The highest BCUT2D eigenvalue weighted by atomic mass is 16.3. The van der Waals surface area contributed by atoms with Crippen LogP contribution in [0.2, 0.25) is 0 Å². The van der Waals surface area contributed by atoms with Crippen molar-refractivity contribution in [3.8, 4) is 0 Å². The molecule has 0 amide bonds. The van der Waals surface area contributed by atoms with Crippen molar-refractivity contribution in [1.29, 1.82) is 0 Å². The number of aryl methyl sites for hydroxylation is 1. The number of nitrogens with one attached hydrogen (secondary N) is 1. The van der Waals surface area contributed by atoms with E-state index in [9.17, 15) is 0 Å². The highest BCUT2D eigenvalue weighted by Gasteiger charge is 1.99. The third-order valence-corrected chi connectivity index (χ3v) is 3.11. The maximum atomic E-state index is 9.10. The van der Waals surface area contributed by atoms with Gasteiger partial charge in [0.2, 0.25) is 0 Å². The summed E-state index contributed by atoms with van der Waals surface area (Å²) < 4.78 is 0. The molecule has 0 heterocycles. The molecule has 1 aromatic rings. The first-order valence-corrected chi connectivity index (χ1v) is 7.16. The van der Waals surface area contributed by atoms with E-state index < -0.39 is 0 Å². The van der Waals surface area contributed by atoms with E-state index >= 15 is 0 Å². The predicted octanol–water partition coefficient (Wildman–Crippen LogP) is 3.82. The molecule has 0 fully saturated rings. The summed E-state index contributed by atoms with van der Waals surface area (Å²) in [4.78, 5) is 0. The lowest BCUT2D eigenvalue weighted by atomic mass is 10.0. The smallest absolute Gasteiger partial charge is 0.0682 e. The molecule has 0 saturated heterocycles. The van der Waals surface area contributed by atoms with Crippen molar-refractivity contribution < 1.29 is 5.11 Å². The van der Waals surface area contributed by atoms with Gasteiger partial charge in [0, 0.05) is 12.2 Å². The van der Waals surface area contributed by atoms with Crippen molar-refractivity contribution in [3.05, 3.63) is 83.6 Å². The minimum absolute atomic E-state index is 0.0256. The first kappa shape index (κ1) is 17.0. The Morgan fingerprint density at radius 3 is 2.62 bits per heavy atom. The Bertz CT molecular complexity index is 553. The summed E-state index contributed by atoms with van der Waals surface area (Å²) in [5.41, 5.74) is 5.33. The molecule has 2 heteroatoms. The van der Waals surface area contributed by atoms with Crippen molar-refractivity contribution in [2.45, 2.75) is 26.8 Å². The standard InChI is InChI=1S/C19H25NO/c1-5-7-8-18-9-15(3)10-19(12-18)13-20-16(4)11-17(6-2)14-21/h5-7,9-12,20-21H,2,4,8,13-14H2,1,3H3/b7-5?,17-11+. The van der Waals surface area contributed by atoms with Crippen LogP contribution in [-0.2, 0) is 13.0 Å². The molecule has 0 saturated carbocycles. The molecule has 0 bridgehead atoms. The molecule has 21 heavy (non-hydrogen) atoms. The molecule has 0 radical (unpaired) electrons. The zero-order chi connectivity index (χ0) is 15.7. The van der Waals surface area contributed by atoms with E-state index in [1.54, 1.807) is 6.08 Å². The highest BCUT2D eigenvalue weighted by molar-refractivity contribution is 5.32.